The van der Waals surface area contributed by atoms with E-state index in [2.05, 4.69) is 18.0 Å². The fourth-order valence-electron chi connectivity index (χ4n) is 1.67. The van der Waals surface area contributed by atoms with E-state index in [1.54, 1.807) is 12.1 Å². The monoisotopic (exact) mass is 228 g/mol. The standard InChI is InChI=1S/C14H16N2O/c1-9-7-8-10(2)14(11(9)3)17-13-6-4-5-12(15)16-13/h4-8H,1-3H3,(H2,15,16). The third-order valence-electron chi connectivity index (χ3n) is 2.83. The van der Waals surface area contributed by atoms with E-state index in [1.165, 1.54) is 5.56 Å². The molecule has 3 nitrogen and oxygen atoms in total. The van der Waals surface area contributed by atoms with Crippen LogP contribution in [-0.4, -0.2) is 4.98 Å². The van der Waals surface area contributed by atoms with Crippen molar-refractivity contribution in [3.63, 3.8) is 0 Å². The molecule has 2 N–H and O–H groups in total. The minimum atomic E-state index is 0.463. The molecule has 0 aliphatic carbocycles. The number of nitrogen functional groups attached to an aromatic ring is 1. The first kappa shape index (κ1) is 11.5. The van der Waals surface area contributed by atoms with Crippen LogP contribution in [0.2, 0.25) is 0 Å². The number of rotatable bonds is 2. The first-order valence-electron chi connectivity index (χ1n) is 5.55. The number of nitrogens with two attached hydrogens (primary N) is 1. The summed E-state index contributed by atoms with van der Waals surface area (Å²) in [5.74, 6) is 1.86. The lowest BCUT2D eigenvalue weighted by Gasteiger charge is -2.12. The second-order valence-corrected chi connectivity index (χ2v) is 4.16. The number of nitrogens with zero attached hydrogens (tertiary/aromatic N) is 1. The second-order valence-electron chi connectivity index (χ2n) is 4.16. The number of hydrogen-bond acceptors (Lipinski definition) is 3. The third kappa shape index (κ3) is 2.38. The number of ether oxygens (including phenoxy) is 1. The van der Waals surface area contributed by atoms with Crippen LogP contribution in [0.4, 0.5) is 5.82 Å². The van der Waals surface area contributed by atoms with Crippen LogP contribution in [0.25, 0.3) is 0 Å². The Balaban J connectivity index is 2.39. The highest BCUT2D eigenvalue weighted by Crippen LogP contribution is 2.29. The van der Waals surface area contributed by atoms with Gasteiger partial charge in [0.2, 0.25) is 5.88 Å². The average Bonchev–Trinajstić information content (AvgIpc) is 2.30. The molecule has 1 heterocycles. The molecule has 3 heteroatoms. The van der Waals surface area contributed by atoms with E-state index in [4.69, 9.17) is 10.5 Å². The predicted octanol–water partition coefficient (Wildman–Crippen LogP) is 3.38. The van der Waals surface area contributed by atoms with Crippen molar-refractivity contribution in [2.45, 2.75) is 20.8 Å². The molecule has 0 amide bonds. The van der Waals surface area contributed by atoms with Gasteiger partial charge in [-0.2, -0.15) is 4.98 Å². The second kappa shape index (κ2) is 4.45. The largest absolute Gasteiger partial charge is 0.438 e. The molecule has 0 spiro atoms. The number of aromatic nitrogens is 1. The van der Waals surface area contributed by atoms with E-state index in [-0.39, 0.29) is 0 Å². The van der Waals surface area contributed by atoms with Crippen LogP contribution in [0, 0.1) is 20.8 Å². The summed E-state index contributed by atoms with van der Waals surface area (Å²) in [4.78, 5) is 4.14. The smallest absolute Gasteiger partial charge is 0.221 e. The fraction of sp³-hybridized carbons (Fsp3) is 0.214. The normalized spacial score (nSPS) is 10.3. The van der Waals surface area contributed by atoms with Gasteiger partial charge in [0, 0.05) is 6.07 Å². The Morgan fingerprint density at radius 2 is 1.71 bits per heavy atom. The number of aryl methyl sites for hydroxylation is 2. The van der Waals surface area contributed by atoms with Gasteiger partial charge in [0.15, 0.2) is 0 Å². The Morgan fingerprint density at radius 3 is 2.41 bits per heavy atom. The molecule has 0 fully saturated rings. The topological polar surface area (TPSA) is 48.1 Å². The molecule has 0 unspecified atom stereocenters. The van der Waals surface area contributed by atoms with Crippen LogP contribution in [0.1, 0.15) is 16.7 Å². The summed E-state index contributed by atoms with van der Waals surface area (Å²) >= 11 is 0. The maximum Gasteiger partial charge on any atom is 0.221 e. The SMILES string of the molecule is Cc1ccc(C)c(Oc2cccc(N)n2)c1C. The van der Waals surface area contributed by atoms with Crippen molar-refractivity contribution < 1.29 is 4.74 Å². The summed E-state index contributed by atoms with van der Waals surface area (Å²) in [6.45, 7) is 6.13. The fourth-order valence-corrected chi connectivity index (χ4v) is 1.67. The van der Waals surface area contributed by atoms with Gasteiger partial charge in [-0.1, -0.05) is 18.2 Å². The van der Waals surface area contributed by atoms with Crippen LogP contribution in [0.3, 0.4) is 0 Å². The van der Waals surface area contributed by atoms with E-state index in [0.29, 0.717) is 11.7 Å². The van der Waals surface area contributed by atoms with Crippen molar-refractivity contribution in [2.75, 3.05) is 5.73 Å². The van der Waals surface area contributed by atoms with Crippen molar-refractivity contribution in [3.05, 3.63) is 47.0 Å². The van der Waals surface area contributed by atoms with Crippen molar-refractivity contribution >= 4 is 5.82 Å². The molecule has 1 aromatic heterocycles. The van der Waals surface area contributed by atoms with Crippen LogP contribution >= 0.6 is 0 Å². The van der Waals surface area contributed by atoms with Crippen LogP contribution < -0.4 is 10.5 Å². The molecule has 0 radical (unpaired) electrons. The van der Waals surface area contributed by atoms with Crippen molar-refractivity contribution in [2.24, 2.45) is 0 Å². The number of anilines is 1. The molecule has 0 aliphatic heterocycles. The maximum atomic E-state index is 5.81. The zero-order chi connectivity index (χ0) is 12.4. The summed E-state index contributed by atoms with van der Waals surface area (Å²) in [5.41, 5.74) is 9.06. The third-order valence-corrected chi connectivity index (χ3v) is 2.83. The average molecular weight is 228 g/mol. The van der Waals surface area contributed by atoms with E-state index < -0.39 is 0 Å². The van der Waals surface area contributed by atoms with E-state index in [0.717, 1.165) is 16.9 Å². The van der Waals surface area contributed by atoms with E-state index in [1.807, 2.05) is 26.0 Å². The Labute approximate surface area is 101 Å². The quantitative estimate of drug-likeness (QED) is 0.857. The molecule has 0 aliphatic rings. The van der Waals surface area contributed by atoms with Gasteiger partial charge < -0.3 is 10.5 Å². The first-order valence-corrected chi connectivity index (χ1v) is 5.55. The Morgan fingerprint density at radius 1 is 1.00 bits per heavy atom. The highest BCUT2D eigenvalue weighted by Gasteiger charge is 2.08. The van der Waals surface area contributed by atoms with Crippen molar-refractivity contribution in [3.8, 4) is 11.6 Å². The maximum absolute atomic E-state index is 5.81. The number of hydrogen-bond donors (Lipinski definition) is 1. The van der Waals surface area contributed by atoms with Gasteiger partial charge in [0.25, 0.3) is 0 Å². The summed E-state index contributed by atoms with van der Waals surface area (Å²) in [7, 11) is 0. The lowest BCUT2D eigenvalue weighted by molar-refractivity contribution is 0.456. The molecular weight excluding hydrogens is 212 g/mol. The van der Waals surface area contributed by atoms with Gasteiger partial charge in [0.05, 0.1) is 0 Å². The molecule has 2 aromatic rings. The summed E-state index contributed by atoms with van der Waals surface area (Å²) in [6.07, 6.45) is 0. The Bertz CT molecular complexity index is 550. The van der Waals surface area contributed by atoms with Crippen LogP contribution in [-0.2, 0) is 0 Å². The molecule has 0 bridgehead atoms. The highest BCUT2D eigenvalue weighted by molar-refractivity contribution is 5.46. The van der Waals surface area contributed by atoms with Gasteiger partial charge in [-0.3, -0.25) is 0 Å². The summed E-state index contributed by atoms with van der Waals surface area (Å²) < 4.78 is 5.81. The van der Waals surface area contributed by atoms with E-state index >= 15 is 0 Å². The molecule has 0 saturated carbocycles. The highest BCUT2D eigenvalue weighted by atomic mass is 16.5. The Hall–Kier alpha value is -2.03. The van der Waals surface area contributed by atoms with Gasteiger partial charge in [-0.25, -0.2) is 0 Å². The molecule has 1 aromatic carbocycles. The molecule has 2 rings (SSSR count). The first-order chi connectivity index (χ1) is 8.08. The number of benzene rings is 1. The van der Waals surface area contributed by atoms with Crippen LogP contribution in [0.15, 0.2) is 30.3 Å². The summed E-state index contributed by atoms with van der Waals surface area (Å²) in [6, 6.07) is 9.51. The molecule has 0 atom stereocenters. The zero-order valence-corrected chi connectivity index (χ0v) is 10.3. The molecule has 17 heavy (non-hydrogen) atoms. The molecule has 0 saturated heterocycles. The molecule has 88 valence electrons. The lowest BCUT2D eigenvalue weighted by Crippen LogP contribution is -1.96. The predicted molar refractivity (Wildman–Crippen MR) is 69.4 cm³/mol. The lowest BCUT2D eigenvalue weighted by atomic mass is 10.1. The summed E-state index contributed by atoms with van der Waals surface area (Å²) in [5, 5.41) is 0. The minimum absolute atomic E-state index is 0.463. The number of pyridine rings is 1. The minimum Gasteiger partial charge on any atom is -0.438 e. The van der Waals surface area contributed by atoms with Crippen molar-refractivity contribution in [1.82, 2.24) is 4.98 Å². The Kier molecular flexibility index (Phi) is 3.00. The van der Waals surface area contributed by atoms with Gasteiger partial charge in [-0.15, -0.1) is 0 Å². The van der Waals surface area contributed by atoms with Gasteiger partial charge in [-0.05, 0) is 43.5 Å². The van der Waals surface area contributed by atoms with Gasteiger partial charge in [0.1, 0.15) is 11.6 Å². The van der Waals surface area contributed by atoms with Crippen LogP contribution in [0.5, 0.6) is 11.6 Å². The van der Waals surface area contributed by atoms with Gasteiger partial charge >= 0.3 is 0 Å². The molecular formula is C14H16N2O. The van der Waals surface area contributed by atoms with E-state index in [9.17, 15) is 0 Å². The zero-order valence-electron chi connectivity index (χ0n) is 10.3. The van der Waals surface area contributed by atoms with Crippen molar-refractivity contribution in [1.29, 1.82) is 0 Å².